The normalized spacial score (nSPS) is 15.8. The first-order valence-corrected chi connectivity index (χ1v) is 13.5. The predicted molar refractivity (Wildman–Crippen MR) is 177 cm³/mol. The zero-order valence-electron chi connectivity index (χ0n) is 35.5. The largest absolute Gasteiger partial charge is 0.308 e. The van der Waals surface area contributed by atoms with E-state index in [2.05, 4.69) is 9.97 Å². The molecule has 0 bridgehead atoms. The Labute approximate surface area is 270 Å². The molecule has 6 nitrogen and oxygen atoms in total. The van der Waals surface area contributed by atoms with Gasteiger partial charge in [0.2, 0.25) is 5.95 Å². The average Bonchev–Trinajstić information content (AvgIpc) is 3.76. The maximum atomic E-state index is 9.02. The highest BCUT2D eigenvalue weighted by Crippen LogP contribution is 2.36. The average molecular weight is 578 g/mol. The van der Waals surface area contributed by atoms with Crippen molar-refractivity contribution in [3.05, 3.63) is 146 Å². The van der Waals surface area contributed by atoms with Crippen molar-refractivity contribution in [3.8, 4) is 34.4 Å². The Balaban J connectivity index is 1.48. The van der Waals surface area contributed by atoms with Crippen LogP contribution in [0.25, 0.3) is 78.0 Å². The van der Waals surface area contributed by atoms with E-state index in [0.29, 0.717) is 11.3 Å². The van der Waals surface area contributed by atoms with Crippen LogP contribution in [0.2, 0.25) is 0 Å². The predicted octanol–water partition coefficient (Wildman–Crippen LogP) is 8.79. The number of nitrogens with zero attached hydrogens (tertiary/aromatic N) is 6. The zero-order chi connectivity index (χ0) is 40.3. The minimum absolute atomic E-state index is 0.0888. The van der Waals surface area contributed by atoms with Gasteiger partial charge in [0, 0.05) is 45.1 Å². The van der Waals surface area contributed by atoms with Crippen LogP contribution in [0.5, 0.6) is 0 Å². The third-order valence-electron chi connectivity index (χ3n) is 7.44. The van der Waals surface area contributed by atoms with E-state index in [-0.39, 0.29) is 27.6 Å². The standard InChI is InChI=1S/C38H24N6/c1-2-12-25(13-3-1)36-40-37(42-38(41-36)44-32-19-9-4-14-26(32)27-15-5-10-20-33(27)44)29-17-7-11-21-34(29)43-31-18-8-6-16-28(31)30-24-39-23-22-35(30)43/h1-24H/i1D,2D,3D,4D,5D,9D,10D,12D,13D,14D,15D,19D,20D. The van der Waals surface area contributed by atoms with E-state index in [9.17, 15) is 0 Å². The molecule has 9 aromatic rings. The van der Waals surface area contributed by atoms with E-state index < -0.39 is 95.9 Å². The second-order valence-electron chi connectivity index (χ2n) is 9.83. The molecular formula is C38H24N6. The summed E-state index contributed by atoms with van der Waals surface area (Å²) in [6, 6.07) is 8.50. The monoisotopic (exact) mass is 577 g/mol. The summed E-state index contributed by atoms with van der Waals surface area (Å²) in [6.07, 6.45) is 3.41. The van der Waals surface area contributed by atoms with E-state index in [0.717, 1.165) is 26.4 Å². The van der Waals surface area contributed by atoms with E-state index in [4.69, 9.17) is 27.8 Å². The minimum Gasteiger partial charge on any atom is -0.308 e. The van der Waals surface area contributed by atoms with Crippen molar-refractivity contribution in [2.45, 2.75) is 0 Å². The fourth-order valence-electron chi connectivity index (χ4n) is 5.61. The highest BCUT2D eigenvalue weighted by Gasteiger charge is 2.20. The number of hydrogen-bond donors (Lipinski definition) is 0. The van der Waals surface area contributed by atoms with Crippen molar-refractivity contribution in [1.29, 1.82) is 0 Å². The molecule has 0 saturated heterocycles. The summed E-state index contributed by atoms with van der Waals surface area (Å²) in [4.78, 5) is 18.5. The van der Waals surface area contributed by atoms with E-state index >= 15 is 0 Å². The highest BCUT2D eigenvalue weighted by atomic mass is 15.2. The van der Waals surface area contributed by atoms with Crippen molar-refractivity contribution in [2.75, 3.05) is 0 Å². The maximum Gasteiger partial charge on any atom is 0.238 e. The fraction of sp³-hybridized carbons (Fsp3) is 0. The molecule has 0 N–H and O–H groups in total. The maximum absolute atomic E-state index is 9.02. The molecule has 4 heterocycles. The molecule has 5 aromatic carbocycles. The van der Waals surface area contributed by atoms with Gasteiger partial charge in [-0.25, -0.2) is 4.98 Å². The van der Waals surface area contributed by atoms with Gasteiger partial charge < -0.3 is 4.57 Å². The topological polar surface area (TPSA) is 61.4 Å². The Kier molecular flexibility index (Phi) is 3.28. The molecule has 0 aliphatic heterocycles. The number of fused-ring (bicyclic) bond motifs is 6. The number of para-hydroxylation sites is 4. The quantitative estimate of drug-likeness (QED) is 0.210. The fourth-order valence-corrected chi connectivity index (χ4v) is 5.61. The number of aromatic nitrogens is 6. The number of benzene rings is 5. The molecule has 0 atom stereocenters. The molecule has 0 amide bonds. The van der Waals surface area contributed by atoms with Crippen LogP contribution in [-0.2, 0) is 0 Å². The van der Waals surface area contributed by atoms with Crippen LogP contribution in [0.15, 0.2) is 146 Å². The molecule has 9 rings (SSSR count). The Hall–Kier alpha value is -6.14. The van der Waals surface area contributed by atoms with Gasteiger partial charge >= 0.3 is 0 Å². The summed E-state index contributed by atoms with van der Waals surface area (Å²) < 4.78 is 116. The van der Waals surface area contributed by atoms with Crippen LogP contribution in [0.4, 0.5) is 0 Å². The van der Waals surface area contributed by atoms with Gasteiger partial charge in [-0.1, -0.05) is 96.8 Å². The van der Waals surface area contributed by atoms with Crippen LogP contribution < -0.4 is 0 Å². The highest BCUT2D eigenvalue weighted by molar-refractivity contribution is 6.10. The second-order valence-corrected chi connectivity index (χ2v) is 9.83. The Morgan fingerprint density at radius 2 is 1.16 bits per heavy atom. The van der Waals surface area contributed by atoms with Crippen LogP contribution in [0, 0.1) is 0 Å². The van der Waals surface area contributed by atoms with Crippen LogP contribution >= 0.6 is 0 Å². The summed E-state index contributed by atoms with van der Waals surface area (Å²) in [7, 11) is 0. The summed E-state index contributed by atoms with van der Waals surface area (Å²) in [5, 5.41) is 1.33. The van der Waals surface area contributed by atoms with Gasteiger partial charge in [-0.3, -0.25) is 9.55 Å². The molecule has 0 radical (unpaired) electrons. The van der Waals surface area contributed by atoms with Crippen molar-refractivity contribution in [3.63, 3.8) is 0 Å². The molecule has 4 aromatic heterocycles. The lowest BCUT2D eigenvalue weighted by atomic mass is 10.1. The molecule has 0 unspecified atom stereocenters. The lowest BCUT2D eigenvalue weighted by Crippen LogP contribution is -2.07. The van der Waals surface area contributed by atoms with E-state index in [1.54, 1.807) is 30.6 Å². The van der Waals surface area contributed by atoms with Crippen LogP contribution in [0.3, 0.4) is 0 Å². The Morgan fingerprint density at radius 1 is 0.500 bits per heavy atom. The third kappa shape index (κ3) is 3.68. The van der Waals surface area contributed by atoms with Gasteiger partial charge in [0.1, 0.15) is 0 Å². The van der Waals surface area contributed by atoms with Gasteiger partial charge in [0.25, 0.3) is 0 Å². The second kappa shape index (κ2) is 9.71. The van der Waals surface area contributed by atoms with Gasteiger partial charge in [0.05, 0.1) is 45.6 Å². The molecule has 206 valence electrons. The van der Waals surface area contributed by atoms with E-state index in [1.165, 1.54) is 0 Å². The molecule has 44 heavy (non-hydrogen) atoms. The number of rotatable bonds is 4. The van der Waals surface area contributed by atoms with Crippen molar-refractivity contribution < 1.29 is 17.8 Å². The van der Waals surface area contributed by atoms with Crippen molar-refractivity contribution in [1.82, 2.24) is 29.1 Å². The zero-order valence-corrected chi connectivity index (χ0v) is 22.5. The number of hydrogen-bond acceptors (Lipinski definition) is 4. The Bertz CT molecular complexity index is 3090. The molecule has 0 aliphatic carbocycles. The van der Waals surface area contributed by atoms with Gasteiger partial charge in [-0.15, -0.1) is 0 Å². The molecule has 0 fully saturated rings. The van der Waals surface area contributed by atoms with Crippen molar-refractivity contribution >= 4 is 43.6 Å². The first-order chi connectivity index (χ1) is 27.2. The molecule has 0 saturated carbocycles. The lowest BCUT2D eigenvalue weighted by Gasteiger charge is -2.15. The van der Waals surface area contributed by atoms with Gasteiger partial charge in [-0.2, -0.15) is 9.97 Å². The summed E-state index contributed by atoms with van der Waals surface area (Å²) >= 11 is 0. The third-order valence-corrected chi connectivity index (χ3v) is 7.44. The summed E-state index contributed by atoms with van der Waals surface area (Å²) in [6.45, 7) is 0. The van der Waals surface area contributed by atoms with Crippen LogP contribution in [0.1, 0.15) is 17.8 Å². The summed E-state index contributed by atoms with van der Waals surface area (Å²) in [5.74, 6) is -0.892. The smallest absolute Gasteiger partial charge is 0.238 e. The molecular weight excluding hydrogens is 540 g/mol. The Morgan fingerprint density at radius 3 is 1.98 bits per heavy atom. The number of pyridine rings is 1. The van der Waals surface area contributed by atoms with Crippen molar-refractivity contribution in [2.24, 2.45) is 0 Å². The first kappa shape index (κ1) is 14.8. The molecule has 6 heteroatoms. The minimum atomic E-state index is -0.658. The van der Waals surface area contributed by atoms with Crippen LogP contribution in [-0.4, -0.2) is 29.1 Å². The lowest BCUT2D eigenvalue weighted by molar-refractivity contribution is 0.951. The van der Waals surface area contributed by atoms with E-state index in [1.807, 2.05) is 41.0 Å². The summed E-state index contributed by atoms with van der Waals surface area (Å²) in [5.41, 5.74) is 1.60. The molecule has 0 aliphatic rings. The first-order valence-electron chi connectivity index (χ1n) is 20.0. The molecule has 0 spiro atoms. The van der Waals surface area contributed by atoms with Gasteiger partial charge in [0.15, 0.2) is 11.6 Å². The SMILES string of the molecule is [2H]c1c([2H])c([2H])c(-c2nc(-c3ccccc3-n3c4ccccc4c4cnccc43)nc(-n3c4c([2H])c([2H])c([2H])c([2H])c4c4c([2H])c([2H])c([2H])c([2H])c43)n2)c([2H])c1[2H]. The van der Waals surface area contributed by atoms with Gasteiger partial charge in [-0.05, 0) is 36.4 Å².